The molecular weight excluding hydrogens is 356 g/mol. The monoisotopic (exact) mass is 382 g/mol. The molecule has 0 spiro atoms. The molecule has 148 valence electrons. The van der Waals surface area contributed by atoms with E-state index in [4.69, 9.17) is 9.47 Å². The molecule has 6 heteroatoms. The number of nitrogens with zero attached hydrogens (tertiary/aromatic N) is 2. The van der Waals surface area contributed by atoms with Crippen molar-refractivity contribution in [3.63, 3.8) is 0 Å². The SMILES string of the molecule is COc1ccc(N(C)C(=O)[C@H]2CC(=O)N(CCc3ccccc3)C2)cc1OC. The second kappa shape index (κ2) is 8.78. The summed E-state index contributed by atoms with van der Waals surface area (Å²) in [6.45, 7) is 1.09. The maximum Gasteiger partial charge on any atom is 0.232 e. The summed E-state index contributed by atoms with van der Waals surface area (Å²) in [7, 11) is 4.85. The van der Waals surface area contributed by atoms with Crippen molar-refractivity contribution >= 4 is 17.5 Å². The zero-order chi connectivity index (χ0) is 20.1. The van der Waals surface area contributed by atoms with Gasteiger partial charge in [-0.2, -0.15) is 0 Å². The van der Waals surface area contributed by atoms with Crippen LogP contribution in [0.4, 0.5) is 5.69 Å². The van der Waals surface area contributed by atoms with Crippen LogP contribution in [0.5, 0.6) is 11.5 Å². The quantitative estimate of drug-likeness (QED) is 0.739. The van der Waals surface area contributed by atoms with E-state index in [2.05, 4.69) is 0 Å². The Labute approximate surface area is 165 Å². The normalized spacial score (nSPS) is 16.2. The van der Waals surface area contributed by atoms with Gasteiger partial charge in [0, 0.05) is 38.3 Å². The van der Waals surface area contributed by atoms with E-state index in [-0.39, 0.29) is 24.2 Å². The molecule has 0 saturated carbocycles. The fourth-order valence-electron chi connectivity index (χ4n) is 3.50. The Hall–Kier alpha value is -3.02. The van der Waals surface area contributed by atoms with Crippen molar-refractivity contribution in [2.75, 3.05) is 39.3 Å². The molecule has 0 aromatic heterocycles. The Morgan fingerprint density at radius 2 is 1.82 bits per heavy atom. The summed E-state index contributed by atoms with van der Waals surface area (Å²) in [6, 6.07) is 15.4. The molecule has 0 bridgehead atoms. The van der Waals surface area contributed by atoms with E-state index in [1.807, 2.05) is 36.4 Å². The van der Waals surface area contributed by atoms with Crippen molar-refractivity contribution in [2.24, 2.45) is 5.92 Å². The molecule has 2 aromatic carbocycles. The number of anilines is 1. The second-order valence-corrected chi connectivity index (χ2v) is 6.91. The highest BCUT2D eigenvalue weighted by molar-refractivity contribution is 5.98. The summed E-state index contributed by atoms with van der Waals surface area (Å²) in [4.78, 5) is 28.7. The van der Waals surface area contributed by atoms with Gasteiger partial charge in [-0.25, -0.2) is 0 Å². The van der Waals surface area contributed by atoms with E-state index in [0.29, 0.717) is 30.3 Å². The van der Waals surface area contributed by atoms with Crippen molar-refractivity contribution in [1.82, 2.24) is 4.90 Å². The predicted octanol–water partition coefficient (Wildman–Crippen LogP) is 2.76. The van der Waals surface area contributed by atoms with Crippen molar-refractivity contribution in [3.05, 3.63) is 54.1 Å². The first-order chi connectivity index (χ1) is 13.5. The molecule has 0 N–H and O–H groups in total. The molecule has 1 fully saturated rings. The van der Waals surface area contributed by atoms with Gasteiger partial charge in [-0.05, 0) is 24.1 Å². The average molecular weight is 382 g/mol. The molecule has 1 saturated heterocycles. The third-order valence-electron chi connectivity index (χ3n) is 5.16. The molecule has 2 aromatic rings. The van der Waals surface area contributed by atoms with Crippen molar-refractivity contribution in [2.45, 2.75) is 12.8 Å². The van der Waals surface area contributed by atoms with E-state index >= 15 is 0 Å². The number of amides is 2. The van der Waals surface area contributed by atoms with Crippen LogP contribution in [0.3, 0.4) is 0 Å². The van der Waals surface area contributed by atoms with Crippen LogP contribution >= 0.6 is 0 Å². The second-order valence-electron chi connectivity index (χ2n) is 6.91. The number of benzene rings is 2. The standard InChI is InChI=1S/C22H26N2O4/c1-23(18-9-10-19(27-2)20(14-18)28-3)22(26)17-13-21(25)24(15-17)12-11-16-7-5-4-6-8-16/h4-10,14,17H,11-13,15H2,1-3H3/t17-/m0/s1. The van der Waals surface area contributed by atoms with Gasteiger partial charge in [0.2, 0.25) is 11.8 Å². The highest BCUT2D eigenvalue weighted by Crippen LogP contribution is 2.32. The highest BCUT2D eigenvalue weighted by atomic mass is 16.5. The lowest BCUT2D eigenvalue weighted by atomic mass is 10.1. The van der Waals surface area contributed by atoms with Crippen LogP contribution in [0, 0.1) is 5.92 Å². The highest BCUT2D eigenvalue weighted by Gasteiger charge is 2.35. The molecule has 1 atom stereocenters. The van der Waals surface area contributed by atoms with Gasteiger partial charge in [0.05, 0.1) is 20.1 Å². The third-order valence-corrected chi connectivity index (χ3v) is 5.16. The number of likely N-dealkylation sites (tertiary alicyclic amines) is 1. The Kier molecular flexibility index (Phi) is 6.19. The summed E-state index contributed by atoms with van der Waals surface area (Å²) in [5.41, 5.74) is 1.89. The fourth-order valence-corrected chi connectivity index (χ4v) is 3.50. The maximum absolute atomic E-state index is 12.9. The van der Waals surface area contributed by atoms with Crippen LogP contribution in [0.2, 0.25) is 0 Å². The summed E-state index contributed by atoms with van der Waals surface area (Å²) < 4.78 is 10.6. The molecular formula is C22H26N2O4. The van der Waals surface area contributed by atoms with Crippen molar-refractivity contribution < 1.29 is 19.1 Å². The number of carbonyl (C=O) groups excluding carboxylic acids is 2. The lowest BCUT2D eigenvalue weighted by molar-refractivity contribution is -0.128. The van der Waals surface area contributed by atoms with Crippen LogP contribution < -0.4 is 14.4 Å². The molecule has 1 heterocycles. The van der Waals surface area contributed by atoms with E-state index in [1.165, 1.54) is 5.56 Å². The zero-order valence-corrected chi connectivity index (χ0v) is 16.6. The molecule has 0 radical (unpaired) electrons. The third kappa shape index (κ3) is 4.27. The number of carbonyl (C=O) groups is 2. The number of rotatable bonds is 7. The van der Waals surface area contributed by atoms with Crippen LogP contribution in [0.15, 0.2) is 48.5 Å². The fraction of sp³-hybridized carbons (Fsp3) is 0.364. The van der Waals surface area contributed by atoms with Gasteiger partial charge in [0.25, 0.3) is 0 Å². The van der Waals surface area contributed by atoms with Gasteiger partial charge >= 0.3 is 0 Å². The van der Waals surface area contributed by atoms with Gasteiger partial charge in [-0.1, -0.05) is 30.3 Å². The molecule has 0 unspecified atom stereocenters. The summed E-state index contributed by atoms with van der Waals surface area (Å²) in [5, 5.41) is 0. The minimum absolute atomic E-state index is 0.0370. The van der Waals surface area contributed by atoms with Crippen LogP contribution in [0.25, 0.3) is 0 Å². The van der Waals surface area contributed by atoms with Gasteiger partial charge in [-0.15, -0.1) is 0 Å². The molecule has 1 aliphatic heterocycles. The first-order valence-corrected chi connectivity index (χ1v) is 9.34. The summed E-state index contributed by atoms with van der Waals surface area (Å²) >= 11 is 0. The summed E-state index contributed by atoms with van der Waals surface area (Å²) in [5.74, 6) is 0.806. The van der Waals surface area contributed by atoms with Crippen LogP contribution in [0.1, 0.15) is 12.0 Å². The Morgan fingerprint density at radius 3 is 2.50 bits per heavy atom. The first-order valence-electron chi connectivity index (χ1n) is 9.34. The van der Waals surface area contributed by atoms with Gasteiger partial charge < -0.3 is 19.3 Å². The average Bonchev–Trinajstić information content (AvgIpc) is 3.11. The molecule has 28 heavy (non-hydrogen) atoms. The first kappa shape index (κ1) is 19.7. The Balaban J connectivity index is 1.63. The lowest BCUT2D eigenvalue weighted by Crippen LogP contribution is -2.35. The van der Waals surface area contributed by atoms with E-state index < -0.39 is 0 Å². The maximum atomic E-state index is 12.9. The van der Waals surface area contributed by atoms with Gasteiger partial charge in [-0.3, -0.25) is 9.59 Å². The Bertz CT molecular complexity index is 838. The molecule has 0 aliphatic carbocycles. The Morgan fingerprint density at radius 1 is 1.11 bits per heavy atom. The van der Waals surface area contributed by atoms with Crippen LogP contribution in [-0.4, -0.2) is 51.1 Å². The minimum Gasteiger partial charge on any atom is -0.493 e. The number of hydrogen-bond donors (Lipinski definition) is 0. The van der Waals surface area contributed by atoms with Crippen molar-refractivity contribution in [3.8, 4) is 11.5 Å². The summed E-state index contributed by atoms with van der Waals surface area (Å²) in [6.07, 6.45) is 1.05. The number of hydrogen-bond acceptors (Lipinski definition) is 4. The molecule has 1 aliphatic rings. The largest absolute Gasteiger partial charge is 0.493 e. The van der Waals surface area contributed by atoms with Crippen molar-refractivity contribution in [1.29, 1.82) is 0 Å². The van der Waals surface area contributed by atoms with Gasteiger partial charge in [0.1, 0.15) is 0 Å². The van der Waals surface area contributed by atoms with Gasteiger partial charge in [0.15, 0.2) is 11.5 Å². The molecule has 2 amide bonds. The zero-order valence-electron chi connectivity index (χ0n) is 16.6. The van der Waals surface area contributed by atoms with E-state index in [9.17, 15) is 9.59 Å². The topological polar surface area (TPSA) is 59.1 Å². The molecule has 6 nitrogen and oxygen atoms in total. The minimum atomic E-state index is -0.332. The van der Waals surface area contributed by atoms with Crippen LogP contribution in [-0.2, 0) is 16.0 Å². The smallest absolute Gasteiger partial charge is 0.232 e. The van der Waals surface area contributed by atoms with E-state index in [0.717, 1.165) is 6.42 Å². The number of methoxy groups -OCH3 is 2. The molecule has 3 rings (SSSR count). The lowest BCUT2D eigenvalue weighted by Gasteiger charge is -2.22. The number of ether oxygens (including phenoxy) is 2. The predicted molar refractivity (Wildman–Crippen MR) is 108 cm³/mol. The van der Waals surface area contributed by atoms with E-state index in [1.54, 1.807) is 43.2 Å².